The Balaban J connectivity index is 2.02. The first-order valence-electron chi connectivity index (χ1n) is 30.9. The number of carbonyl (C=O) groups is 1. The number of allylic oxidation sites excluding steroid dienone is 1. The molecule has 0 aliphatic carbocycles. The molecular weight excluding hydrogens is 875 g/mol. The van der Waals surface area contributed by atoms with Crippen LogP contribution in [0.5, 0.6) is 0 Å². The van der Waals surface area contributed by atoms with Gasteiger partial charge in [-0.1, -0.05) is 302 Å². The maximum Gasteiger partial charge on any atom is 0.220 e. The zero-order valence-electron chi connectivity index (χ0n) is 46.3. The fourth-order valence-corrected chi connectivity index (χ4v) is 10.2. The second kappa shape index (κ2) is 51.4. The molecule has 0 aromatic rings. The van der Waals surface area contributed by atoms with E-state index in [0.717, 1.165) is 38.5 Å². The molecule has 7 atom stereocenters. The molecule has 1 aliphatic rings. The minimum atomic E-state index is -1.56. The zero-order chi connectivity index (χ0) is 50.8. The summed E-state index contributed by atoms with van der Waals surface area (Å²) in [5.74, 6) is -0.171. The van der Waals surface area contributed by atoms with Crippen LogP contribution >= 0.6 is 0 Å². The van der Waals surface area contributed by atoms with Gasteiger partial charge in [0.2, 0.25) is 5.91 Å². The topological polar surface area (TPSA) is 149 Å². The van der Waals surface area contributed by atoms with Crippen molar-refractivity contribution in [3.05, 3.63) is 12.2 Å². The number of amides is 1. The summed E-state index contributed by atoms with van der Waals surface area (Å²) < 4.78 is 11.2. The number of hydrogen-bond donors (Lipinski definition) is 6. The van der Waals surface area contributed by atoms with Crippen molar-refractivity contribution in [3.8, 4) is 0 Å². The highest BCUT2D eigenvalue weighted by molar-refractivity contribution is 5.76. The molecule has 0 saturated carbocycles. The van der Waals surface area contributed by atoms with Gasteiger partial charge < -0.3 is 40.3 Å². The minimum absolute atomic E-state index is 0.171. The van der Waals surface area contributed by atoms with Crippen LogP contribution in [0, 0.1) is 0 Å². The molecule has 1 amide bonds. The van der Waals surface area contributed by atoms with Crippen LogP contribution in [0.3, 0.4) is 0 Å². The number of aliphatic hydroxyl groups is 5. The molecule has 9 heteroatoms. The lowest BCUT2D eigenvalue weighted by Gasteiger charge is -2.40. The Kier molecular flexibility index (Phi) is 49.2. The van der Waals surface area contributed by atoms with Crippen molar-refractivity contribution in [1.29, 1.82) is 0 Å². The van der Waals surface area contributed by atoms with E-state index in [-0.39, 0.29) is 12.5 Å². The second-order valence-electron chi connectivity index (χ2n) is 21.9. The second-order valence-corrected chi connectivity index (χ2v) is 21.9. The Morgan fingerprint density at radius 3 is 1.11 bits per heavy atom. The molecule has 2 unspecified atom stereocenters. The van der Waals surface area contributed by atoms with Crippen molar-refractivity contribution in [2.75, 3.05) is 13.2 Å². The van der Waals surface area contributed by atoms with Crippen molar-refractivity contribution >= 4 is 5.91 Å². The highest BCUT2D eigenvalue weighted by Crippen LogP contribution is 2.23. The highest BCUT2D eigenvalue weighted by Gasteiger charge is 2.44. The predicted molar refractivity (Wildman–Crippen MR) is 295 cm³/mol. The van der Waals surface area contributed by atoms with Gasteiger partial charge in [-0.3, -0.25) is 4.79 Å². The molecule has 9 nitrogen and oxygen atoms in total. The third-order valence-electron chi connectivity index (χ3n) is 15.1. The molecule has 1 rings (SSSR count). The number of unbranched alkanes of at least 4 members (excludes halogenated alkanes) is 44. The van der Waals surface area contributed by atoms with Gasteiger partial charge in [-0.05, 0) is 19.3 Å². The van der Waals surface area contributed by atoms with Crippen molar-refractivity contribution in [2.45, 2.75) is 358 Å². The molecule has 0 bridgehead atoms. The first kappa shape index (κ1) is 66.9. The average molecular weight is 995 g/mol. The monoisotopic (exact) mass is 994 g/mol. The summed E-state index contributed by atoms with van der Waals surface area (Å²) in [5.41, 5.74) is 0. The summed E-state index contributed by atoms with van der Waals surface area (Å²) >= 11 is 0. The summed E-state index contributed by atoms with van der Waals surface area (Å²) in [4.78, 5) is 13.0. The van der Waals surface area contributed by atoms with Gasteiger partial charge in [0.05, 0.1) is 25.4 Å². The van der Waals surface area contributed by atoms with Crippen LogP contribution in [0.1, 0.15) is 316 Å². The van der Waals surface area contributed by atoms with E-state index >= 15 is 0 Å². The van der Waals surface area contributed by atoms with Crippen LogP contribution in [0.25, 0.3) is 0 Å². The molecule has 70 heavy (non-hydrogen) atoms. The molecule has 0 radical (unpaired) electrons. The third kappa shape index (κ3) is 40.3. The van der Waals surface area contributed by atoms with E-state index in [2.05, 4.69) is 19.2 Å². The van der Waals surface area contributed by atoms with E-state index in [4.69, 9.17) is 9.47 Å². The zero-order valence-corrected chi connectivity index (χ0v) is 46.3. The lowest BCUT2D eigenvalue weighted by atomic mass is 9.99. The molecule has 0 aromatic carbocycles. The fraction of sp³-hybridized carbons (Fsp3) is 0.951. The minimum Gasteiger partial charge on any atom is -0.394 e. The quantitative estimate of drug-likeness (QED) is 0.0261. The Labute approximate surface area is 433 Å². The number of rotatable bonds is 54. The van der Waals surface area contributed by atoms with E-state index in [1.165, 1.54) is 257 Å². The average Bonchev–Trinajstić information content (AvgIpc) is 3.36. The molecule has 6 N–H and O–H groups in total. The number of ether oxygens (including phenoxy) is 2. The van der Waals surface area contributed by atoms with Crippen LogP contribution in [0.15, 0.2) is 12.2 Å². The molecule has 1 aliphatic heterocycles. The lowest BCUT2D eigenvalue weighted by Crippen LogP contribution is -2.60. The van der Waals surface area contributed by atoms with Gasteiger partial charge in [-0.15, -0.1) is 0 Å². The van der Waals surface area contributed by atoms with Crippen LogP contribution in [-0.4, -0.2) is 87.5 Å². The molecule has 1 saturated heterocycles. The van der Waals surface area contributed by atoms with E-state index in [0.29, 0.717) is 6.42 Å². The summed E-state index contributed by atoms with van der Waals surface area (Å²) in [5, 5.41) is 54.3. The van der Waals surface area contributed by atoms with E-state index in [1.807, 2.05) is 6.08 Å². The summed E-state index contributed by atoms with van der Waals surface area (Å²) in [6, 6.07) is -0.799. The van der Waals surface area contributed by atoms with E-state index in [9.17, 15) is 30.3 Å². The number of nitrogens with one attached hydrogen (secondary N) is 1. The molecule has 0 spiro atoms. The molecular formula is C61H119NO8. The lowest BCUT2D eigenvalue weighted by molar-refractivity contribution is -0.302. The van der Waals surface area contributed by atoms with Crippen LogP contribution in [0.2, 0.25) is 0 Å². The van der Waals surface area contributed by atoms with Crippen LogP contribution < -0.4 is 5.32 Å². The molecule has 416 valence electrons. The third-order valence-corrected chi connectivity index (χ3v) is 15.1. The van der Waals surface area contributed by atoms with Crippen molar-refractivity contribution in [2.24, 2.45) is 0 Å². The molecule has 1 heterocycles. The normalized spacial score (nSPS) is 19.3. The number of carbonyl (C=O) groups excluding carboxylic acids is 1. The Hall–Kier alpha value is -1.07. The highest BCUT2D eigenvalue weighted by atomic mass is 16.7. The summed E-state index contributed by atoms with van der Waals surface area (Å²) in [6.45, 7) is 3.79. The van der Waals surface area contributed by atoms with Gasteiger partial charge in [0.15, 0.2) is 6.29 Å². The maximum absolute atomic E-state index is 13.0. The number of aliphatic hydroxyl groups excluding tert-OH is 5. The fourth-order valence-electron chi connectivity index (χ4n) is 10.2. The SMILES string of the molecule is CCCCCCCCCCC/C=C/[C@@H](O)[C@H](CO[C@@H]1O[C@H](CO)[C@H](O)C(O)C1O)NC(=O)CCCCCCCCCCCCCCCCCCCCCCCCCCCCCCCCCCCCCC. The Bertz CT molecular complexity index is 1110. The van der Waals surface area contributed by atoms with Crippen molar-refractivity contribution in [1.82, 2.24) is 5.32 Å². The van der Waals surface area contributed by atoms with Gasteiger partial charge in [-0.25, -0.2) is 0 Å². The first-order chi connectivity index (χ1) is 34.3. The predicted octanol–water partition coefficient (Wildman–Crippen LogP) is 15.6. The molecule has 1 fully saturated rings. The van der Waals surface area contributed by atoms with Gasteiger partial charge in [0, 0.05) is 6.42 Å². The van der Waals surface area contributed by atoms with Gasteiger partial charge in [-0.2, -0.15) is 0 Å². The van der Waals surface area contributed by atoms with Gasteiger partial charge >= 0.3 is 0 Å². The standard InChI is InChI=1S/C61H119NO8/c1-3-5-7-9-11-13-15-16-17-18-19-20-21-22-23-24-25-26-27-28-29-30-31-32-33-34-35-36-37-38-39-41-43-45-47-49-51-57(65)62-54(53-69-61-60(68)59(67)58(66)56(52-63)70-61)55(64)50-48-46-44-42-40-14-12-10-8-6-4-2/h48,50,54-56,58-61,63-64,66-68H,3-47,49,51-53H2,1-2H3,(H,62,65)/b50-48+/t54-,55+,56+,58-,59?,60?,61+/m0/s1. The number of hydrogen-bond acceptors (Lipinski definition) is 8. The van der Waals surface area contributed by atoms with Crippen LogP contribution in [-0.2, 0) is 14.3 Å². The summed E-state index contributed by atoms with van der Waals surface area (Å²) in [7, 11) is 0. The van der Waals surface area contributed by atoms with Gasteiger partial charge in [0.25, 0.3) is 0 Å². The largest absolute Gasteiger partial charge is 0.394 e. The molecule has 0 aromatic heterocycles. The maximum atomic E-state index is 13.0. The smallest absolute Gasteiger partial charge is 0.220 e. The first-order valence-corrected chi connectivity index (χ1v) is 30.9. The van der Waals surface area contributed by atoms with E-state index < -0.39 is 49.5 Å². The van der Waals surface area contributed by atoms with Crippen molar-refractivity contribution in [3.63, 3.8) is 0 Å². The Morgan fingerprint density at radius 1 is 0.471 bits per heavy atom. The van der Waals surface area contributed by atoms with Gasteiger partial charge in [0.1, 0.15) is 24.4 Å². The van der Waals surface area contributed by atoms with Crippen molar-refractivity contribution < 1.29 is 39.8 Å². The summed E-state index contributed by atoms with van der Waals surface area (Å²) in [6.07, 6.45) is 57.6. The van der Waals surface area contributed by atoms with Crippen LogP contribution in [0.4, 0.5) is 0 Å². The Morgan fingerprint density at radius 2 is 0.786 bits per heavy atom. The van der Waals surface area contributed by atoms with E-state index in [1.54, 1.807) is 6.08 Å².